The van der Waals surface area contributed by atoms with Crippen molar-refractivity contribution in [2.45, 2.75) is 32.2 Å². The zero-order valence-electron chi connectivity index (χ0n) is 9.80. The third-order valence-corrected chi connectivity index (χ3v) is 2.67. The Balaban J connectivity index is 2.42. The SMILES string of the molecule is CC1(C)Oc2c(cccc2OC(F)(F)F)CC1=O. The maximum Gasteiger partial charge on any atom is 0.573 e. The average molecular weight is 260 g/mol. The molecule has 0 saturated carbocycles. The highest BCUT2D eigenvalue weighted by Crippen LogP contribution is 2.40. The molecule has 6 heteroatoms. The maximum atomic E-state index is 12.2. The van der Waals surface area contributed by atoms with Crippen molar-refractivity contribution in [3.8, 4) is 11.5 Å². The fraction of sp³-hybridized carbons (Fsp3) is 0.417. The van der Waals surface area contributed by atoms with E-state index in [1.807, 2.05) is 0 Å². The number of hydrogen-bond acceptors (Lipinski definition) is 3. The molecule has 1 aliphatic heterocycles. The molecule has 0 radical (unpaired) electrons. The van der Waals surface area contributed by atoms with Crippen molar-refractivity contribution in [1.82, 2.24) is 0 Å². The summed E-state index contributed by atoms with van der Waals surface area (Å²) in [6.45, 7) is 3.03. The molecule has 0 unspecified atom stereocenters. The summed E-state index contributed by atoms with van der Waals surface area (Å²) in [7, 11) is 0. The van der Waals surface area contributed by atoms with E-state index < -0.39 is 17.7 Å². The number of fused-ring (bicyclic) bond motifs is 1. The van der Waals surface area contributed by atoms with E-state index in [1.165, 1.54) is 19.9 Å². The normalized spacial score (nSPS) is 17.9. The van der Waals surface area contributed by atoms with E-state index in [0.717, 1.165) is 6.07 Å². The van der Waals surface area contributed by atoms with Crippen LogP contribution in [-0.2, 0) is 11.2 Å². The lowest BCUT2D eigenvalue weighted by Gasteiger charge is -2.32. The molecule has 18 heavy (non-hydrogen) atoms. The van der Waals surface area contributed by atoms with Gasteiger partial charge in [0.1, 0.15) is 0 Å². The Morgan fingerprint density at radius 3 is 2.61 bits per heavy atom. The topological polar surface area (TPSA) is 35.5 Å². The van der Waals surface area contributed by atoms with Crippen LogP contribution in [0.15, 0.2) is 18.2 Å². The van der Waals surface area contributed by atoms with Gasteiger partial charge in [0.25, 0.3) is 0 Å². The van der Waals surface area contributed by atoms with Crippen LogP contribution in [0.2, 0.25) is 0 Å². The number of ketones is 1. The molecule has 1 aliphatic rings. The van der Waals surface area contributed by atoms with E-state index in [0.29, 0.717) is 5.56 Å². The second-order valence-electron chi connectivity index (χ2n) is 4.50. The van der Waals surface area contributed by atoms with Crippen molar-refractivity contribution >= 4 is 5.78 Å². The van der Waals surface area contributed by atoms with Gasteiger partial charge in [0, 0.05) is 12.0 Å². The average Bonchev–Trinajstić information content (AvgIpc) is 2.19. The smallest absolute Gasteiger partial charge is 0.476 e. The van der Waals surface area contributed by atoms with Crippen LogP contribution in [0.5, 0.6) is 11.5 Å². The third-order valence-electron chi connectivity index (χ3n) is 2.67. The van der Waals surface area contributed by atoms with Gasteiger partial charge in [-0.05, 0) is 19.9 Å². The Morgan fingerprint density at radius 1 is 1.33 bits per heavy atom. The van der Waals surface area contributed by atoms with Crippen molar-refractivity contribution in [3.63, 3.8) is 0 Å². The first-order chi connectivity index (χ1) is 8.19. The number of alkyl halides is 3. The Labute approximate surface area is 102 Å². The van der Waals surface area contributed by atoms with Crippen LogP contribution in [0.25, 0.3) is 0 Å². The minimum Gasteiger partial charge on any atom is -0.476 e. The van der Waals surface area contributed by atoms with Crippen LogP contribution in [0.3, 0.4) is 0 Å². The van der Waals surface area contributed by atoms with E-state index in [4.69, 9.17) is 4.74 Å². The molecule has 0 atom stereocenters. The van der Waals surface area contributed by atoms with E-state index in [-0.39, 0.29) is 18.0 Å². The standard InChI is InChI=1S/C12H11F3O3/c1-11(2)9(16)6-7-4-3-5-8(10(7)18-11)17-12(13,14)15/h3-5H,6H2,1-2H3. The van der Waals surface area contributed by atoms with Crippen molar-refractivity contribution < 1.29 is 27.4 Å². The van der Waals surface area contributed by atoms with Crippen LogP contribution >= 0.6 is 0 Å². The van der Waals surface area contributed by atoms with Crippen LogP contribution < -0.4 is 9.47 Å². The third kappa shape index (κ3) is 2.42. The minimum atomic E-state index is -4.79. The Kier molecular flexibility index (Phi) is 2.76. The molecule has 0 aromatic heterocycles. The number of hydrogen-bond donors (Lipinski definition) is 0. The lowest BCUT2D eigenvalue weighted by atomic mass is 9.92. The number of halogens is 3. The quantitative estimate of drug-likeness (QED) is 0.778. The van der Waals surface area contributed by atoms with E-state index in [1.54, 1.807) is 6.07 Å². The second kappa shape index (κ2) is 3.90. The zero-order valence-corrected chi connectivity index (χ0v) is 9.80. The molecule has 1 aromatic rings. The van der Waals surface area contributed by atoms with E-state index in [9.17, 15) is 18.0 Å². The lowest BCUT2D eigenvalue weighted by molar-refractivity contribution is -0.275. The first-order valence-corrected chi connectivity index (χ1v) is 5.29. The van der Waals surface area contributed by atoms with Crippen LogP contribution in [0.4, 0.5) is 13.2 Å². The van der Waals surface area contributed by atoms with Crippen LogP contribution in [-0.4, -0.2) is 17.7 Å². The maximum absolute atomic E-state index is 12.2. The first-order valence-electron chi connectivity index (χ1n) is 5.29. The summed E-state index contributed by atoms with van der Waals surface area (Å²) >= 11 is 0. The van der Waals surface area contributed by atoms with Crippen molar-refractivity contribution in [3.05, 3.63) is 23.8 Å². The monoisotopic (exact) mass is 260 g/mol. The molecule has 2 rings (SSSR count). The van der Waals surface area contributed by atoms with Gasteiger partial charge in [-0.3, -0.25) is 4.79 Å². The van der Waals surface area contributed by atoms with Crippen molar-refractivity contribution in [1.29, 1.82) is 0 Å². The van der Waals surface area contributed by atoms with Crippen LogP contribution in [0.1, 0.15) is 19.4 Å². The van der Waals surface area contributed by atoms with Gasteiger partial charge in [0.2, 0.25) is 0 Å². The Hall–Kier alpha value is -1.72. The predicted octanol–water partition coefficient (Wildman–Crippen LogP) is 2.87. The molecule has 0 saturated heterocycles. The van der Waals surface area contributed by atoms with Gasteiger partial charge in [-0.25, -0.2) is 0 Å². The first kappa shape index (κ1) is 12.7. The number of ether oxygens (including phenoxy) is 2. The molecular weight excluding hydrogens is 249 g/mol. The van der Waals surface area contributed by atoms with Gasteiger partial charge >= 0.3 is 6.36 Å². The van der Waals surface area contributed by atoms with Crippen molar-refractivity contribution in [2.24, 2.45) is 0 Å². The predicted molar refractivity (Wildman–Crippen MR) is 56.5 cm³/mol. The fourth-order valence-electron chi connectivity index (χ4n) is 1.72. The molecule has 0 aliphatic carbocycles. The molecule has 0 bridgehead atoms. The summed E-state index contributed by atoms with van der Waals surface area (Å²) in [5.41, 5.74) is -0.737. The number of benzene rings is 1. The highest BCUT2D eigenvalue weighted by Gasteiger charge is 2.39. The number of carbonyl (C=O) groups excluding carboxylic acids is 1. The molecular formula is C12H11F3O3. The van der Waals surface area contributed by atoms with Gasteiger partial charge in [0.05, 0.1) is 0 Å². The van der Waals surface area contributed by atoms with Gasteiger partial charge in [-0.1, -0.05) is 12.1 Å². The molecule has 0 fully saturated rings. The van der Waals surface area contributed by atoms with Gasteiger partial charge in [-0.15, -0.1) is 13.2 Å². The Bertz CT molecular complexity index is 492. The lowest BCUT2D eigenvalue weighted by Crippen LogP contribution is -2.42. The number of para-hydroxylation sites is 1. The Morgan fingerprint density at radius 2 is 2.00 bits per heavy atom. The summed E-state index contributed by atoms with van der Waals surface area (Å²) in [4.78, 5) is 11.7. The minimum absolute atomic E-state index is 0.0144. The van der Waals surface area contributed by atoms with E-state index in [2.05, 4.69) is 4.74 Å². The summed E-state index contributed by atoms with van der Waals surface area (Å²) in [6.07, 6.45) is -4.75. The summed E-state index contributed by atoms with van der Waals surface area (Å²) in [5.74, 6) is -0.612. The van der Waals surface area contributed by atoms with Gasteiger partial charge < -0.3 is 9.47 Å². The molecule has 0 N–H and O–H groups in total. The van der Waals surface area contributed by atoms with E-state index >= 15 is 0 Å². The number of Topliss-reactive ketones (excluding diaryl/α,β-unsaturated/α-hetero) is 1. The molecule has 98 valence electrons. The molecule has 0 spiro atoms. The summed E-state index contributed by atoms with van der Waals surface area (Å²) in [5, 5.41) is 0. The molecule has 0 amide bonds. The molecule has 1 heterocycles. The van der Waals surface area contributed by atoms with Gasteiger partial charge in [-0.2, -0.15) is 0 Å². The van der Waals surface area contributed by atoms with Crippen molar-refractivity contribution in [2.75, 3.05) is 0 Å². The zero-order chi connectivity index (χ0) is 13.6. The summed E-state index contributed by atoms with van der Waals surface area (Å²) in [6, 6.07) is 4.11. The number of carbonyl (C=O) groups is 1. The largest absolute Gasteiger partial charge is 0.573 e. The fourth-order valence-corrected chi connectivity index (χ4v) is 1.72. The molecule has 3 nitrogen and oxygen atoms in total. The highest BCUT2D eigenvalue weighted by atomic mass is 19.4. The second-order valence-corrected chi connectivity index (χ2v) is 4.50. The highest BCUT2D eigenvalue weighted by molar-refractivity contribution is 5.91. The number of rotatable bonds is 1. The van der Waals surface area contributed by atoms with Gasteiger partial charge in [0.15, 0.2) is 22.9 Å². The van der Waals surface area contributed by atoms with Crippen LogP contribution in [0, 0.1) is 0 Å². The molecule has 1 aromatic carbocycles. The summed E-state index contributed by atoms with van der Waals surface area (Å²) < 4.78 is 45.9.